The van der Waals surface area contributed by atoms with Crippen molar-refractivity contribution in [2.45, 2.75) is 57.9 Å². The molecule has 0 spiro atoms. The second kappa shape index (κ2) is 9.27. The number of halogens is 1. The molecular formula is C21H28ClN3O2. The van der Waals surface area contributed by atoms with Gasteiger partial charge in [-0.15, -0.1) is 0 Å². The molecule has 1 saturated heterocycles. The summed E-state index contributed by atoms with van der Waals surface area (Å²) in [6.07, 6.45) is 9.55. The highest BCUT2D eigenvalue weighted by Gasteiger charge is 2.23. The molecule has 2 amide bonds. The maximum Gasteiger partial charge on any atom is 0.242 e. The minimum absolute atomic E-state index is 0.0265. The molecular weight excluding hydrogens is 362 g/mol. The van der Waals surface area contributed by atoms with Gasteiger partial charge in [0.15, 0.2) is 0 Å². The highest BCUT2D eigenvalue weighted by Crippen LogP contribution is 2.31. The van der Waals surface area contributed by atoms with Gasteiger partial charge in [0.25, 0.3) is 0 Å². The van der Waals surface area contributed by atoms with E-state index in [4.69, 9.17) is 11.6 Å². The number of anilines is 2. The van der Waals surface area contributed by atoms with Crippen LogP contribution in [0.5, 0.6) is 0 Å². The summed E-state index contributed by atoms with van der Waals surface area (Å²) in [5, 5.41) is 6.70. The Morgan fingerprint density at radius 3 is 2.78 bits per heavy atom. The molecule has 1 heterocycles. The van der Waals surface area contributed by atoms with Crippen molar-refractivity contribution in [2.24, 2.45) is 0 Å². The lowest BCUT2D eigenvalue weighted by Crippen LogP contribution is -2.38. The lowest BCUT2D eigenvalue weighted by Gasteiger charge is -2.20. The number of carbonyl (C=O) groups is 2. The Labute approximate surface area is 166 Å². The summed E-state index contributed by atoms with van der Waals surface area (Å²) < 4.78 is 0. The molecule has 2 aliphatic rings. The highest BCUT2D eigenvalue weighted by molar-refractivity contribution is 6.34. The maximum atomic E-state index is 12.3. The van der Waals surface area contributed by atoms with Crippen LogP contribution in [0.2, 0.25) is 5.02 Å². The fourth-order valence-electron chi connectivity index (χ4n) is 3.67. The zero-order valence-electron chi connectivity index (χ0n) is 15.9. The molecule has 0 saturated carbocycles. The Balaban J connectivity index is 1.50. The van der Waals surface area contributed by atoms with Gasteiger partial charge in [-0.1, -0.05) is 23.3 Å². The third kappa shape index (κ3) is 5.25. The number of nitrogens with zero attached hydrogens (tertiary/aromatic N) is 1. The predicted octanol–water partition coefficient (Wildman–Crippen LogP) is 4.27. The second-order valence-electron chi connectivity index (χ2n) is 7.33. The quantitative estimate of drug-likeness (QED) is 0.684. The number of amides is 2. The molecule has 0 unspecified atom stereocenters. The van der Waals surface area contributed by atoms with Crippen LogP contribution in [0.25, 0.3) is 0 Å². The molecule has 1 aliphatic carbocycles. The van der Waals surface area contributed by atoms with Crippen LogP contribution in [0, 0.1) is 0 Å². The number of carbonyl (C=O) groups excluding carboxylic acids is 2. The Bertz CT molecular complexity index is 732. The monoisotopic (exact) mass is 389 g/mol. The van der Waals surface area contributed by atoms with Crippen molar-refractivity contribution < 1.29 is 9.59 Å². The van der Waals surface area contributed by atoms with Crippen molar-refractivity contribution in [3.8, 4) is 0 Å². The van der Waals surface area contributed by atoms with Crippen molar-refractivity contribution in [3.05, 3.63) is 34.9 Å². The molecule has 1 aliphatic heterocycles. The molecule has 146 valence electrons. The summed E-state index contributed by atoms with van der Waals surface area (Å²) in [5.74, 6) is 0.0831. The molecule has 5 nitrogen and oxygen atoms in total. The number of nitrogens with one attached hydrogen (secondary N) is 2. The summed E-state index contributed by atoms with van der Waals surface area (Å²) in [6.45, 7) is 3.22. The smallest absolute Gasteiger partial charge is 0.242 e. The lowest BCUT2D eigenvalue weighted by atomic mass is 9.97. The lowest BCUT2D eigenvalue weighted by molar-refractivity contribution is -0.121. The third-order valence-electron chi connectivity index (χ3n) is 5.22. The van der Waals surface area contributed by atoms with Gasteiger partial charge in [-0.25, -0.2) is 0 Å². The molecule has 27 heavy (non-hydrogen) atoms. The molecule has 1 aromatic rings. The average molecular weight is 390 g/mol. The summed E-state index contributed by atoms with van der Waals surface area (Å²) in [7, 11) is 0. The van der Waals surface area contributed by atoms with Crippen LogP contribution in [-0.2, 0) is 9.59 Å². The van der Waals surface area contributed by atoms with Crippen molar-refractivity contribution in [3.63, 3.8) is 0 Å². The van der Waals surface area contributed by atoms with Crippen LogP contribution in [0.4, 0.5) is 11.4 Å². The molecule has 0 bridgehead atoms. The zero-order chi connectivity index (χ0) is 19.2. The highest BCUT2D eigenvalue weighted by atomic mass is 35.5. The second-order valence-corrected chi connectivity index (χ2v) is 7.74. The van der Waals surface area contributed by atoms with Crippen molar-refractivity contribution in [1.82, 2.24) is 5.32 Å². The molecule has 1 aromatic carbocycles. The van der Waals surface area contributed by atoms with Crippen LogP contribution in [0.3, 0.4) is 0 Å². The largest absolute Gasteiger partial charge is 0.374 e. The number of rotatable bonds is 7. The molecule has 6 heteroatoms. The van der Waals surface area contributed by atoms with E-state index in [9.17, 15) is 9.59 Å². The van der Waals surface area contributed by atoms with Gasteiger partial charge in [0.05, 0.1) is 10.7 Å². The summed E-state index contributed by atoms with van der Waals surface area (Å²) in [4.78, 5) is 25.9. The van der Waals surface area contributed by atoms with Gasteiger partial charge in [-0.05, 0) is 63.6 Å². The molecule has 2 N–H and O–H groups in total. The van der Waals surface area contributed by atoms with E-state index in [1.807, 2.05) is 19.1 Å². The van der Waals surface area contributed by atoms with Crippen molar-refractivity contribution >= 4 is 34.8 Å². The van der Waals surface area contributed by atoms with E-state index >= 15 is 0 Å². The van der Waals surface area contributed by atoms with Crippen LogP contribution in [0.15, 0.2) is 29.8 Å². The van der Waals surface area contributed by atoms with E-state index in [0.717, 1.165) is 30.6 Å². The van der Waals surface area contributed by atoms with E-state index in [2.05, 4.69) is 16.7 Å². The molecule has 1 atom stereocenters. The molecule has 3 rings (SSSR count). The first-order chi connectivity index (χ1) is 13.0. The molecule has 0 radical (unpaired) electrons. The first-order valence-electron chi connectivity index (χ1n) is 9.86. The third-order valence-corrected chi connectivity index (χ3v) is 5.52. The van der Waals surface area contributed by atoms with Crippen molar-refractivity contribution in [1.29, 1.82) is 0 Å². The van der Waals surface area contributed by atoms with Gasteiger partial charge in [-0.3, -0.25) is 9.59 Å². The summed E-state index contributed by atoms with van der Waals surface area (Å²) >= 11 is 6.37. The van der Waals surface area contributed by atoms with Crippen LogP contribution in [0.1, 0.15) is 51.9 Å². The fourth-order valence-corrected chi connectivity index (χ4v) is 3.95. The first kappa shape index (κ1) is 19.7. The van der Waals surface area contributed by atoms with Crippen molar-refractivity contribution in [2.75, 3.05) is 23.3 Å². The molecule has 0 aromatic heterocycles. The Morgan fingerprint density at radius 2 is 2.11 bits per heavy atom. The van der Waals surface area contributed by atoms with E-state index in [-0.39, 0.29) is 17.9 Å². The normalized spacial score (nSPS) is 18.2. The van der Waals surface area contributed by atoms with Gasteiger partial charge in [0.1, 0.15) is 6.04 Å². The standard InChI is InChI=1S/C21H28ClN3O2/c1-15(21(27)23-12-11-16-6-3-2-4-7-16)24-17-9-10-19(18(22)14-17)25-13-5-8-20(25)26/h6,9-10,14-15,24H,2-5,7-8,11-13H2,1H3,(H,23,27)/t15-/m0/s1. The van der Waals surface area contributed by atoms with Gasteiger partial charge in [0.2, 0.25) is 11.8 Å². The Morgan fingerprint density at radius 1 is 1.26 bits per heavy atom. The SMILES string of the molecule is C[C@H](Nc1ccc(N2CCCC2=O)c(Cl)c1)C(=O)NCCC1=CCCCC1. The van der Waals surface area contributed by atoms with E-state index in [1.165, 1.54) is 24.8 Å². The van der Waals surface area contributed by atoms with Gasteiger partial charge < -0.3 is 15.5 Å². The van der Waals surface area contributed by atoms with Crippen LogP contribution in [-0.4, -0.2) is 30.9 Å². The number of hydrogen-bond donors (Lipinski definition) is 2. The first-order valence-corrected chi connectivity index (χ1v) is 10.2. The Hall–Kier alpha value is -2.01. The van der Waals surface area contributed by atoms with Gasteiger partial charge in [-0.2, -0.15) is 0 Å². The van der Waals surface area contributed by atoms with Gasteiger partial charge >= 0.3 is 0 Å². The minimum atomic E-state index is -0.360. The fraction of sp³-hybridized carbons (Fsp3) is 0.524. The average Bonchev–Trinajstić information content (AvgIpc) is 3.08. The topological polar surface area (TPSA) is 61.4 Å². The summed E-state index contributed by atoms with van der Waals surface area (Å²) in [6, 6.07) is 5.12. The number of benzene rings is 1. The zero-order valence-corrected chi connectivity index (χ0v) is 16.6. The summed E-state index contributed by atoms with van der Waals surface area (Å²) in [5.41, 5.74) is 2.97. The Kier molecular flexibility index (Phi) is 6.78. The minimum Gasteiger partial charge on any atom is -0.374 e. The van der Waals surface area contributed by atoms with E-state index < -0.39 is 0 Å². The van der Waals surface area contributed by atoms with Crippen LogP contribution >= 0.6 is 11.6 Å². The van der Waals surface area contributed by atoms with Gasteiger partial charge in [0, 0.05) is 25.2 Å². The van der Waals surface area contributed by atoms with E-state index in [0.29, 0.717) is 24.5 Å². The van der Waals surface area contributed by atoms with Crippen LogP contribution < -0.4 is 15.5 Å². The number of allylic oxidation sites excluding steroid dienone is 1. The molecule has 1 fully saturated rings. The maximum absolute atomic E-state index is 12.3. The predicted molar refractivity (Wildman–Crippen MR) is 110 cm³/mol. The van der Waals surface area contributed by atoms with E-state index in [1.54, 1.807) is 11.0 Å². The number of hydrogen-bond acceptors (Lipinski definition) is 3.